The number of allylic oxidation sites excluding steroid dienone is 2. The number of ether oxygens (including phenoxy) is 1. The number of benzene rings is 1. The van der Waals surface area contributed by atoms with Crippen molar-refractivity contribution in [2.24, 2.45) is 11.8 Å². The molecular weight excluding hydrogens is 630 g/mol. The van der Waals surface area contributed by atoms with Crippen LogP contribution in [-0.4, -0.2) is 57.7 Å². The molecule has 0 aliphatic heterocycles. The van der Waals surface area contributed by atoms with E-state index in [1.807, 2.05) is 12.2 Å². The van der Waals surface area contributed by atoms with Gasteiger partial charge < -0.3 is 23.8 Å². The van der Waals surface area contributed by atoms with Crippen LogP contribution in [0.3, 0.4) is 0 Å². The van der Waals surface area contributed by atoms with E-state index >= 15 is 0 Å². The van der Waals surface area contributed by atoms with Crippen LogP contribution in [0.2, 0.25) is 36.3 Å². The number of halogens is 3. The fourth-order valence-corrected chi connectivity index (χ4v) is 7.78. The topological polar surface area (TPSA) is 85.2 Å². The molecule has 1 aliphatic carbocycles. The van der Waals surface area contributed by atoms with Gasteiger partial charge in [-0.25, -0.2) is 0 Å². The zero-order chi connectivity index (χ0) is 35.1. The molecule has 1 aromatic rings. The Hall–Kier alpha value is -1.93. The van der Waals surface area contributed by atoms with Crippen LogP contribution in [0.4, 0.5) is 13.2 Å². The van der Waals surface area contributed by atoms with E-state index in [0.29, 0.717) is 25.7 Å². The van der Waals surface area contributed by atoms with Gasteiger partial charge in [-0.3, -0.25) is 4.79 Å². The van der Waals surface area contributed by atoms with Gasteiger partial charge in [0.2, 0.25) is 0 Å². The monoisotopic (exact) mass is 686 g/mol. The van der Waals surface area contributed by atoms with Crippen molar-refractivity contribution in [3.05, 3.63) is 54.1 Å². The van der Waals surface area contributed by atoms with Gasteiger partial charge in [-0.05, 0) is 86.1 Å². The van der Waals surface area contributed by atoms with Gasteiger partial charge >= 0.3 is 12.1 Å². The van der Waals surface area contributed by atoms with Gasteiger partial charge in [0.1, 0.15) is 18.5 Å². The lowest BCUT2D eigenvalue weighted by atomic mass is 9.89. The zero-order valence-corrected chi connectivity index (χ0v) is 31.4. The summed E-state index contributed by atoms with van der Waals surface area (Å²) in [7, 11) is -4.35. The van der Waals surface area contributed by atoms with Gasteiger partial charge in [0.25, 0.3) is 0 Å². The molecule has 6 nitrogen and oxygen atoms in total. The summed E-state index contributed by atoms with van der Waals surface area (Å²) < 4.78 is 59.1. The van der Waals surface area contributed by atoms with Crippen LogP contribution in [0.5, 0.6) is 5.75 Å². The van der Waals surface area contributed by atoms with Crippen molar-refractivity contribution in [3.8, 4) is 5.75 Å². The summed E-state index contributed by atoms with van der Waals surface area (Å²) >= 11 is 0. The Balaban J connectivity index is 2.37. The van der Waals surface area contributed by atoms with Crippen LogP contribution in [0, 0.1) is 11.8 Å². The molecule has 0 saturated heterocycles. The van der Waals surface area contributed by atoms with Crippen molar-refractivity contribution in [3.63, 3.8) is 0 Å². The number of carbonyl (C=O) groups is 1. The second kappa shape index (κ2) is 16.0. The Bertz CT molecular complexity index is 1180. The molecule has 5 atom stereocenters. The Morgan fingerprint density at radius 1 is 0.978 bits per heavy atom. The number of unbranched alkanes of at least 4 members (excludes halogenated alkanes) is 1. The lowest BCUT2D eigenvalue weighted by Crippen LogP contribution is -2.45. The quantitative estimate of drug-likeness (QED) is 0.109. The highest BCUT2D eigenvalue weighted by molar-refractivity contribution is 6.74. The predicted octanol–water partition coefficient (Wildman–Crippen LogP) is 9.62. The maximum atomic E-state index is 13.1. The first-order valence-electron chi connectivity index (χ1n) is 16.3. The molecule has 1 aromatic carbocycles. The number of carboxylic acid groups (broad SMARTS) is 1. The van der Waals surface area contributed by atoms with Crippen molar-refractivity contribution in [2.75, 3.05) is 6.61 Å². The molecule has 0 radical (unpaired) electrons. The first kappa shape index (κ1) is 40.2. The third kappa shape index (κ3) is 11.9. The molecule has 0 bridgehead atoms. The molecule has 0 heterocycles. The Morgan fingerprint density at radius 2 is 1.57 bits per heavy atom. The summed E-state index contributed by atoms with van der Waals surface area (Å²) in [4.78, 5) is 10.9. The molecule has 0 aromatic heterocycles. The van der Waals surface area contributed by atoms with Crippen LogP contribution in [0.15, 0.2) is 48.6 Å². The minimum absolute atomic E-state index is 0.00484. The maximum Gasteiger partial charge on any atom is 0.416 e. The lowest BCUT2D eigenvalue weighted by molar-refractivity contribution is -0.138. The molecule has 0 spiro atoms. The van der Waals surface area contributed by atoms with Gasteiger partial charge in [0, 0.05) is 12.3 Å². The highest BCUT2D eigenvalue weighted by Gasteiger charge is 2.50. The SMILES string of the molecule is CC(C)(C)[Si](C)(C)OC1CC(O[Si](C)(C)C(C)(C)C)[C@H](C/C=C\CCCC(=O)O)[C@H]1/C=C/[C@@H](O)COc1cccc(C(F)(F)F)c1. The predicted molar refractivity (Wildman–Crippen MR) is 183 cm³/mol. The number of hydrogen-bond donors (Lipinski definition) is 2. The third-order valence-electron chi connectivity index (χ3n) is 9.84. The summed E-state index contributed by atoms with van der Waals surface area (Å²) in [5.41, 5.74) is -0.807. The lowest BCUT2D eigenvalue weighted by Gasteiger charge is -2.40. The Morgan fingerprint density at radius 3 is 2.11 bits per heavy atom. The van der Waals surface area contributed by atoms with E-state index < -0.39 is 40.4 Å². The van der Waals surface area contributed by atoms with Crippen LogP contribution in [-0.2, 0) is 19.8 Å². The van der Waals surface area contributed by atoms with E-state index in [2.05, 4.69) is 73.8 Å². The van der Waals surface area contributed by atoms with Gasteiger partial charge in [-0.2, -0.15) is 13.2 Å². The van der Waals surface area contributed by atoms with Gasteiger partial charge in [0.05, 0.1) is 17.8 Å². The molecule has 11 heteroatoms. The number of hydrogen-bond acceptors (Lipinski definition) is 5. The van der Waals surface area contributed by atoms with Crippen molar-refractivity contribution in [1.29, 1.82) is 0 Å². The molecule has 1 saturated carbocycles. The van der Waals surface area contributed by atoms with E-state index in [-0.39, 0.29) is 52.9 Å². The van der Waals surface area contributed by atoms with E-state index in [4.69, 9.17) is 18.7 Å². The molecule has 2 unspecified atom stereocenters. The molecule has 1 fully saturated rings. The second-order valence-corrected chi connectivity index (χ2v) is 25.1. The van der Waals surface area contributed by atoms with Crippen molar-refractivity contribution in [2.45, 2.75) is 134 Å². The number of aliphatic carboxylic acids is 1. The minimum atomic E-state index is -4.48. The smallest absolute Gasteiger partial charge is 0.416 e. The average Bonchev–Trinajstić information content (AvgIpc) is 3.20. The number of aliphatic hydroxyl groups is 1. The highest BCUT2D eigenvalue weighted by atomic mass is 28.4. The Labute approximate surface area is 276 Å². The highest BCUT2D eigenvalue weighted by Crippen LogP contribution is 2.48. The molecule has 2 rings (SSSR count). The number of rotatable bonds is 15. The van der Waals surface area contributed by atoms with E-state index in [1.54, 1.807) is 6.08 Å². The maximum absolute atomic E-state index is 13.1. The molecular formula is C35H57F3O6Si2. The van der Waals surface area contributed by atoms with Crippen LogP contribution in [0.25, 0.3) is 0 Å². The van der Waals surface area contributed by atoms with Gasteiger partial charge in [-0.15, -0.1) is 0 Å². The molecule has 46 heavy (non-hydrogen) atoms. The molecule has 2 N–H and O–H groups in total. The molecule has 1 aliphatic rings. The van der Waals surface area contributed by atoms with E-state index in [9.17, 15) is 23.1 Å². The third-order valence-corrected chi connectivity index (χ3v) is 18.9. The summed E-state index contributed by atoms with van der Waals surface area (Å²) in [6.07, 6.45) is 4.82. The van der Waals surface area contributed by atoms with Crippen molar-refractivity contribution < 1.29 is 41.8 Å². The molecule has 262 valence electrons. The zero-order valence-electron chi connectivity index (χ0n) is 29.4. The summed E-state index contributed by atoms with van der Waals surface area (Å²) in [6.45, 7) is 22.0. The van der Waals surface area contributed by atoms with E-state index in [0.717, 1.165) is 12.1 Å². The normalized spacial score (nSPS) is 22.6. The Kier molecular flexibility index (Phi) is 14.0. The minimum Gasteiger partial charge on any atom is -0.491 e. The first-order chi connectivity index (χ1) is 20.9. The van der Waals surface area contributed by atoms with Crippen molar-refractivity contribution >= 4 is 22.6 Å². The van der Waals surface area contributed by atoms with E-state index in [1.165, 1.54) is 12.1 Å². The summed E-state index contributed by atoms with van der Waals surface area (Å²) in [6, 6.07) is 4.63. The fourth-order valence-electron chi connectivity index (χ4n) is 5.03. The van der Waals surface area contributed by atoms with Gasteiger partial charge in [0.15, 0.2) is 16.6 Å². The number of alkyl halides is 3. The number of carboxylic acids is 1. The van der Waals surface area contributed by atoms with Crippen molar-refractivity contribution in [1.82, 2.24) is 0 Å². The van der Waals surface area contributed by atoms with Crippen LogP contribution in [0.1, 0.15) is 79.2 Å². The number of aliphatic hydroxyl groups excluding tert-OH is 1. The second-order valence-electron chi connectivity index (χ2n) is 15.6. The largest absolute Gasteiger partial charge is 0.491 e. The van der Waals surface area contributed by atoms with Crippen LogP contribution < -0.4 is 4.74 Å². The summed E-state index contributed by atoms with van der Waals surface area (Å²) in [5.74, 6) is -0.808. The molecule has 0 amide bonds. The summed E-state index contributed by atoms with van der Waals surface area (Å²) in [5, 5.41) is 19.8. The average molecular weight is 687 g/mol. The van der Waals surface area contributed by atoms with Crippen LogP contribution >= 0.6 is 0 Å². The fraction of sp³-hybridized carbons (Fsp3) is 0.686. The first-order valence-corrected chi connectivity index (χ1v) is 22.1. The standard InChI is InChI=1S/C35H57F3O6Si2/c1-33(2,3)45(7,8)43-30-23-31(44-46(9,10)34(4,5)6)29(28(30)18-13-11-12-14-19-32(40)41)21-20-26(39)24-42-27-17-15-16-25(22-27)35(36,37)38/h11,13,15-17,20-22,26,28-31,39H,12,14,18-19,23-24H2,1-10H3,(H,40,41)/b13-11-,21-20+/t26-,28-,29-,30?,31?/m1/s1. The van der Waals surface area contributed by atoms with Gasteiger partial charge in [-0.1, -0.05) is 71.9 Å².